The third-order valence-corrected chi connectivity index (χ3v) is 3.73. The van der Waals surface area contributed by atoms with Crippen LogP contribution in [0.1, 0.15) is 32.2 Å². The molecule has 0 spiro atoms. The second kappa shape index (κ2) is 6.70. The molecular formula is C18H19FN4O3. The van der Waals surface area contributed by atoms with Gasteiger partial charge in [0.1, 0.15) is 5.69 Å². The minimum Gasteiger partial charge on any atom is -0.494 e. The summed E-state index contributed by atoms with van der Waals surface area (Å²) in [6.45, 7) is 6.00. The minimum absolute atomic E-state index is 0.105. The molecule has 2 aromatic heterocycles. The molecule has 7 nitrogen and oxygen atoms in total. The highest BCUT2D eigenvalue weighted by Gasteiger charge is 2.22. The van der Waals surface area contributed by atoms with E-state index in [1.54, 1.807) is 6.07 Å². The molecule has 0 amide bonds. The van der Waals surface area contributed by atoms with E-state index in [-0.39, 0.29) is 29.2 Å². The van der Waals surface area contributed by atoms with E-state index in [1.165, 1.54) is 36.1 Å². The van der Waals surface area contributed by atoms with Gasteiger partial charge in [-0.15, -0.1) is 0 Å². The van der Waals surface area contributed by atoms with Crippen LogP contribution in [0.25, 0.3) is 11.6 Å². The number of hydrogen-bond donors (Lipinski definition) is 0. The van der Waals surface area contributed by atoms with Gasteiger partial charge in [0.25, 0.3) is 11.4 Å². The van der Waals surface area contributed by atoms with Crippen molar-refractivity contribution < 1.29 is 13.7 Å². The summed E-state index contributed by atoms with van der Waals surface area (Å²) < 4.78 is 25.2. The highest BCUT2D eigenvalue weighted by Crippen LogP contribution is 2.22. The van der Waals surface area contributed by atoms with Crippen LogP contribution < -0.4 is 10.3 Å². The Hall–Kier alpha value is -3.03. The summed E-state index contributed by atoms with van der Waals surface area (Å²) in [6, 6.07) is 7.38. The Morgan fingerprint density at radius 1 is 1.23 bits per heavy atom. The van der Waals surface area contributed by atoms with Crippen molar-refractivity contribution >= 4 is 0 Å². The fourth-order valence-electron chi connectivity index (χ4n) is 2.29. The Kier molecular flexibility index (Phi) is 4.58. The first kappa shape index (κ1) is 17.8. The van der Waals surface area contributed by atoms with E-state index in [2.05, 4.69) is 15.2 Å². The molecule has 2 heterocycles. The van der Waals surface area contributed by atoms with Crippen molar-refractivity contribution in [3.8, 4) is 17.3 Å². The average molecular weight is 358 g/mol. The van der Waals surface area contributed by atoms with E-state index in [4.69, 9.17) is 9.26 Å². The molecule has 0 saturated heterocycles. The summed E-state index contributed by atoms with van der Waals surface area (Å²) in [7, 11) is 1.39. The Morgan fingerprint density at radius 3 is 2.62 bits per heavy atom. The van der Waals surface area contributed by atoms with Crippen molar-refractivity contribution in [1.82, 2.24) is 19.9 Å². The second-order valence-corrected chi connectivity index (χ2v) is 6.86. The van der Waals surface area contributed by atoms with Gasteiger partial charge in [0.05, 0.1) is 13.7 Å². The molecule has 0 aliphatic carbocycles. The molecule has 0 aliphatic rings. The SMILES string of the molecule is COc1ccc(Cn2nc(-c3nc(C(C)(C)C)no3)ccc2=O)cc1F. The zero-order chi connectivity index (χ0) is 18.9. The van der Waals surface area contributed by atoms with Crippen LogP contribution in [0, 0.1) is 5.82 Å². The quantitative estimate of drug-likeness (QED) is 0.713. The number of halogens is 1. The van der Waals surface area contributed by atoms with Crippen molar-refractivity contribution in [2.45, 2.75) is 32.7 Å². The maximum Gasteiger partial charge on any atom is 0.278 e. The van der Waals surface area contributed by atoms with E-state index in [1.807, 2.05) is 20.8 Å². The number of ether oxygens (including phenoxy) is 1. The topological polar surface area (TPSA) is 83.0 Å². The molecule has 1 aromatic carbocycles. The predicted octanol–water partition coefficient (Wildman–Crippen LogP) is 2.79. The molecule has 0 saturated carbocycles. The van der Waals surface area contributed by atoms with Crippen molar-refractivity contribution in [3.63, 3.8) is 0 Å². The van der Waals surface area contributed by atoms with Crippen LogP contribution in [-0.2, 0) is 12.0 Å². The number of aromatic nitrogens is 4. The van der Waals surface area contributed by atoms with E-state index in [9.17, 15) is 9.18 Å². The summed E-state index contributed by atoms with van der Waals surface area (Å²) in [5, 5.41) is 8.21. The molecule has 3 aromatic rings. The van der Waals surface area contributed by atoms with Crippen molar-refractivity contribution in [2.75, 3.05) is 7.11 Å². The van der Waals surface area contributed by atoms with Gasteiger partial charge in [-0.25, -0.2) is 9.07 Å². The lowest BCUT2D eigenvalue weighted by molar-refractivity contribution is 0.386. The molecule has 0 fully saturated rings. The lowest BCUT2D eigenvalue weighted by atomic mass is 9.96. The van der Waals surface area contributed by atoms with Crippen LogP contribution in [0.5, 0.6) is 5.75 Å². The van der Waals surface area contributed by atoms with Crippen LogP contribution in [0.3, 0.4) is 0 Å². The first-order chi connectivity index (χ1) is 12.3. The largest absolute Gasteiger partial charge is 0.494 e. The lowest BCUT2D eigenvalue weighted by Crippen LogP contribution is -2.23. The molecule has 0 N–H and O–H groups in total. The molecular weight excluding hydrogens is 339 g/mol. The summed E-state index contributed by atoms with van der Waals surface area (Å²) in [5.41, 5.74) is 0.370. The zero-order valence-electron chi connectivity index (χ0n) is 15.0. The molecule has 0 radical (unpaired) electrons. The minimum atomic E-state index is -0.499. The molecule has 136 valence electrons. The van der Waals surface area contributed by atoms with E-state index < -0.39 is 5.82 Å². The Morgan fingerprint density at radius 2 is 2.00 bits per heavy atom. The van der Waals surface area contributed by atoms with Crippen LogP contribution in [0.15, 0.2) is 39.6 Å². The number of benzene rings is 1. The summed E-state index contributed by atoms with van der Waals surface area (Å²) in [6.07, 6.45) is 0. The molecule has 0 unspecified atom stereocenters. The van der Waals surface area contributed by atoms with Crippen LogP contribution in [-0.4, -0.2) is 27.0 Å². The molecule has 3 rings (SSSR count). The third kappa shape index (κ3) is 3.63. The fourth-order valence-corrected chi connectivity index (χ4v) is 2.29. The van der Waals surface area contributed by atoms with Gasteiger partial charge in [-0.1, -0.05) is 32.0 Å². The highest BCUT2D eigenvalue weighted by atomic mass is 19.1. The van der Waals surface area contributed by atoms with Gasteiger partial charge in [-0.2, -0.15) is 10.1 Å². The van der Waals surface area contributed by atoms with Crippen molar-refractivity contribution in [1.29, 1.82) is 0 Å². The average Bonchev–Trinajstić information content (AvgIpc) is 3.07. The van der Waals surface area contributed by atoms with Gasteiger partial charge in [-0.3, -0.25) is 4.79 Å². The maximum atomic E-state index is 13.8. The first-order valence-electron chi connectivity index (χ1n) is 8.03. The van der Waals surface area contributed by atoms with E-state index >= 15 is 0 Å². The Bertz CT molecular complexity index is 989. The molecule has 26 heavy (non-hydrogen) atoms. The smallest absolute Gasteiger partial charge is 0.278 e. The van der Waals surface area contributed by atoms with Crippen LogP contribution >= 0.6 is 0 Å². The van der Waals surface area contributed by atoms with Crippen molar-refractivity contribution in [3.05, 3.63) is 57.9 Å². The zero-order valence-corrected chi connectivity index (χ0v) is 15.0. The summed E-state index contributed by atoms with van der Waals surface area (Å²) in [5.74, 6) is 0.415. The van der Waals surface area contributed by atoms with Gasteiger partial charge in [-0.05, 0) is 23.8 Å². The van der Waals surface area contributed by atoms with Gasteiger partial charge in [0.2, 0.25) is 0 Å². The van der Waals surface area contributed by atoms with E-state index in [0.717, 1.165) is 0 Å². The van der Waals surface area contributed by atoms with Crippen molar-refractivity contribution in [2.24, 2.45) is 0 Å². The van der Waals surface area contributed by atoms with Gasteiger partial charge in [0.15, 0.2) is 17.4 Å². The number of methoxy groups -OCH3 is 1. The Balaban J connectivity index is 1.92. The highest BCUT2D eigenvalue weighted by molar-refractivity contribution is 5.45. The number of rotatable bonds is 4. The van der Waals surface area contributed by atoms with E-state index in [0.29, 0.717) is 17.1 Å². The second-order valence-electron chi connectivity index (χ2n) is 6.86. The number of hydrogen-bond acceptors (Lipinski definition) is 6. The monoisotopic (exact) mass is 358 g/mol. The van der Waals surface area contributed by atoms with Gasteiger partial charge < -0.3 is 9.26 Å². The normalized spacial score (nSPS) is 11.6. The van der Waals surface area contributed by atoms with Gasteiger partial charge >= 0.3 is 0 Å². The lowest BCUT2D eigenvalue weighted by Gasteiger charge is -2.10. The summed E-state index contributed by atoms with van der Waals surface area (Å²) in [4.78, 5) is 16.4. The molecule has 0 aliphatic heterocycles. The maximum absolute atomic E-state index is 13.8. The van der Waals surface area contributed by atoms with Gasteiger partial charge in [0, 0.05) is 11.5 Å². The standard InChI is InChI=1S/C18H19FN4O3/c1-18(2,3)17-20-16(26-22-17)13-6-8-15(24)23(21-13)10-11-5-7-14(25-4)12(19)9-11/h5-9H,10H2,1-4H3. The molecule has 0 bridgehead atoms. The predicted molar refractivity (Wildman–Crippen MR) is 92.5 cm³/mol. The van der Waals surface area contributed by atoms with Crippen LogP contribution in [0.2, 0.25) is 0 Å². The first-order valence-corrected chi connectivity index (χ1v) is 8.03. The molecule has 8 heteroatoms. The summed E-state index contributed by atoms with van der Waals surface area (Å²) >= 11 is 0. The number of nitrogens with zero attached hydrogens (tertiary/aromatic N) is 4. The molecule has 0 atom stereocenters. The fraction of sp³-hybridized carbons (Fsp3) is 0.333. The third-order valence-electron chi connectivity index (χ3n) is 3.73. The van der Waals surface area contributed by atoms with Crippen LogP contribution in [0.4, 0.5) is 4.39 Å². The Labute approximate surface area is 149 Å².